The maximum absolute atomic E-state index is 12.8. The van der Waals surface area contributed by atoms with E-state index in [4.69, 9.17) is 4.74 Å². The molecule has 3 rings (SSSR count). The predicted molar refractivity (Wildman–Crippen MR) is 96.5 cm³/mol. The average molecular weight is 340 g/mol. The molecular formula is C20H21FN2O2. The molecule has 3 aromatic rings. The third-order valence-corrected chi connectivity index (χ3v) is 4.06. The molecule has 0 unspecified atom stereocenters. The molecule has 130 valence electrons. The first kappa shape index (κ1) is 17.0. The summed E-state index contributed by atoms with van der Waals surface area (Å²) >= 11 is 0. The SMILES string of the molecule is Cc1[nH]c2ccccc2c1C(=O)NCCCCOc1ccc(F)cc1. The van der Waals surface area contributed by atoms with Gasteiger partial charge in [0.05, 0.1) is 12.2 Å². The third-order valence-electron chi connectivity index (χ3n) is 4.06. The molecule has 0 aliphatic heterocycles. The van der Waals surface area contributed by atoms with Gasteiger partial charge in [-0.2, -0.15) is 0 Å². The molecule has 0 bridgehead atoms. The Hall–Kier alpha value is -2.82. The lowest BCUT2D eigenvalue weighted by atomic mass is 10.1. The van der Waals surface area contributed by atoms with Crippen LogP contribution in [0.15, 0.2) is 48.5 Å². The quantitative estimate of drug-likeness (QED) is 0.633. The molecule has 1 amide bonds. The molecule has 4 nitrogen and oxygen atoms in total. The summed E-state index contributed by atoms with van der Waals surface area (Å²) in [6.07, 6.45) is 1.62. The predicted octanol–water partition coefficient (Wildman–Crippen LogP) is 4.20. The Balaban J connectivity index is 1.43. The number of aryl methyl sites for hydroxylation is 1. The Kier molecular flexibility index (Phi) is 5.33. The van der Waals surface area contributed by atoms with E-state index in [0.717, 1.165) is 29.4 Å². The van der Waals surface area contributed by atoms with Crippen LogP contribution in [-0.4, -0.2) is 24.0 Å². The molecule has 0 atom stereocenters. The maximum atomic E-state index is 12.8. The van der Waals surface area contributed by atoms with Crippen molar-refractivity contribution in [1.29, 1.82) is 0 Å². The van der Waals surface area contributed by atoms with Gasteiger partial charge in [-0.3, -0.25) is 4.79 Å². The van der Waals surface area contributed by atoms with Gasteiger partial charge in [0, 0.05) is 23.1 Å². The first-order chi connectivity index (χ1) is 12.1. The highest BCUT2D eigenvalue weighted by Crippen LogP contribution is 2.21. The van der Waals surface area contributed by atoms with Crippen molar-refractivity contribution in [2.45, 2.75) is 19.8 Å². The molecule has 2 N–H and O–H groups in total. The number of para-hydroxylation sites is 1. The Bertz CT molecular complexity index is 856. The number of aromatic amines is 1. The number of hydrogen-bond acceptors (Lipinski definition) is 2. The van der Waals surface area contributed by atoms with Crippen molar-refractivity contribution in [3.63, 3.8) is 0 Å². The average Bonchev–Trinajstić information content (AvgIpc) is 2.95. The van der Waals surface area contributed by atoms with E-state index in [-0.39, 0.29) is 11.7 Å². The fourth-order valence-corrected chi connectivity index (χ4v) is 2.81. The minimum absolute atomic E-state index is 0.0607. The molecule has 0 radical (unpaired) electrons. The van der Waals surface area contributed by atoms with E-state index in [1.165, 1.54) is 12.1 Å². The number of aromatic nitrogens is 1. The zero-order valence-corrected chi connectivity index (χ0v) is 14.1. The van der Waals surface area contributed by atoms with Gasteiger partial charge >= 0.3 is 0 Å². The number of amides is 1. The standard InChI is InChI=1S/C20H21FN2O2/c1-14-19(17-6-2-3-7-18(17)23-14)20(24)22-12-4-5-13-25-16-10-8-15(21)9-11-16/h2-3,6-11,23H,4-5,12-13H2,1H3,(H,22,24). The summed E-state index contributed by atoms with van der Waals surface area (Å²) in [5, 5.41) is 3.90. The van der Waals surface area contributed by atoms with Gasteiger partial charge in [-0.15, -0.1) is 0 Å². The highest BCUT2D eigenvalue weighted by atomic mass is 19.1. The van der Waals surface area contributed by atoms with Crippen LogP contribution in [0.3, 0.4) is 0 Å². The van der Waals surface area contributed by atoms with Crippen molar-refractivity contribution in [1.82, 2.24) is 10.3 Å². The number of halogens is 1. The monoisotopic (exact) mass is 340 g/mol. The van der Waals surface area contributed by atoms with Crippen LogP contribution in [0.25, 0.3) is 10.9 Å². The molecule has 0 saturated heterocycles. The minimum atomic E-state index is -0.275. The first-order valence-corrected chi connectivity index (χ1v) is 8.39. The lowest BCUT2D eigenvalue weighted by Gasteiger charge is -2.07. The molecule has 0 aliphatic carbocycles. The number of rotatable bonds is 7. The number of H-pyrrole nitrogens is 1. The van der Waals surface area contributed by atoms with E-state index in [1.54, 1.807) is 12.1 Å². The number of hydrogen-bond donors (Lipinski definition) is 2. The summed E-state index contributed by atoms with van der Waals surface area (Å²) in [5.74, 6) is 0.317. The second-order valence-corrected chi connectivity index (χ2v) is 5.94. The van der Waals surface area contributed by atoms with Crippen molar-refractivity contribution < 1.29 is 13.9 Å². The number of unbranched alkanes of at least 4 members (excludes halogenated alkanes) is 1. The van der Waals surface area contributed by atoms with Crippen molar-refractivity contribution in [2.24, 2.45) is 0 Å². The van der Waals surface area contributed by atoms with Gasteiger partial charge in [-0.1, -0.05) is 18.2 Å². The lowest BCUT2D eigenvalue weighted by Crippen LogP contribution is -2.25. The first-order valence-electron chi connectivity index (χ1n) is 8.39. The third kappa shape index (κ3) is 4.18. The highest BCUT2D eigenvalue weighted by Gasteiger charge is 2.14. The summed E-state index contributed by atoms with van der Waals surface area (Å²) in [6.45, 7) is 3.03. The van der Waals surface area contributed by atoms with E-state index in [2.05, 4.69) is 10.3 Å². The number of nitrogens with one attached hydrogen (secondary N) is 2. The molecule has 5 heteroatoms. The van der Waals surface area contributed by atoms with Gasteiger partial charge < -0.3 is 15.0 Å². The van der Waals surface area contributed by atoms with Gasteiger partial charge in [-0.05, 0) is 50.1 Å². The summed E-state index contributed by atoms with van der Waals surface area (Å²) in [4.78, 5) is 15.7. The van der Waals surface area contributed by atoms with Gasteiger partial charge in [0.1, 0.15) is 11.6 Å². The summed E-state index contributed by atoms with van der Waals surface area (Å²) in [6, 6.07) is 13.8. The molecule has 0 fully saturated rings. The van der Waals surface area contributed by atoms with E-state index in [1.807, 2.05) is 31.2 Å². The molecular weight excluding hydrogens is 319 g/mol. The Morgan fingerprint density at radius 1 is 1.12 bits per heavy atom. The number of carbonyl (C=O) groups is 1. The molecule has 0 saturated carbocycles. The summed E-state index contributed by atoms with van der Waals surface area (Å²) in [5.41, 5.74) is 2.55. The summed E-state index contributed by atoms with van der Waals surface area (Å²) in [7, 11) is 0. The van der Waals surface area contributed by atoms with E-state index < -0.39 is 0 Å². The van der Waals surface area contributed by atoms with Crippen LogP contribution in [0, 0.1) is 12.7 Å². The Morgan fingerprint density at radius 3 is 2.68 bits per heavy atom. The second-order valence-electron chi connectivity index (χ2n) is 5.94. The molecule has 0 aliphatic rings. The zero-order valence-electron chi connectivity index (χ0n) is 14.1. The van der Waals surface area contributed by atoms with Gasteiger partial charge in [0.2, 0.25) is 0 Å². The van der Waals surface area contributed by atoms with Crippen LogP contribution in [-0.2, 0) is 0 Å². The van der Waals surface area contributed by atoms with Gasteiger partial charge in [0.25, 0.3) is 5.91 Å². The number of carbonyl (C=O) groups excluding carboxylic acids is 1. The van der Waals surface area contributed by atoms with Crippen LogP contribution in [0.2, 0.25) is 0 Å². The fourth-order valence-electron chi connectivity index (χ4n) is 2.81. The number of fused-ring (bicyclic) bond motifs is 1. The molecule has 25 heavy (non-hydrogen) atoms. The van der Waals surface area contributed by atoms with Gasteiger partial charge in [-0.25, -0.2) is 4.39 Å². The van der Waals surface area contributed by atoms with Crippen LogP contribution in [0.5, 0.6) is 5.75 Å². The maximum Gasteiger partial charge on any atom is 0.253 e. The summed E-state index contributed by atoms with van der Waals surface area (Å²) < 4.78 is 18.3. The largest absolute Gasteiger partial charge is 0.494 e. The van der Waals surface area contributed by atoms with Crippen LogP contribution in [0.4, 0.5) is 4.39 Å². The van der Waals surface area contributed by atoms with Crippen LogP contribution >= 0.6 is 0 Å². The Morgan fingerprint density at radius 2 is 1.88 bits per heavy atom. The second kappa shape index (κ2) is 7.83. The van der Waals surface area contributed by atoms with Gasteiger partial charge in [0.15, 0.2) is 0 Å². The lowest BCUT2D eigenvalue weighted by molar-refractivity contribution is 0.0953. The number of ether oxygens (including phenoxy) is 1. The van der Waals surface area contributed by atoms with Crippen molar-refractivity contribution in [2.75, 3.05) is 13.2 Å². The topological polar surface area (TPSA) is 54.1 Å². The van der Waals surface area contributed by atoms with Crippen molar-refractivity contribution in [3.05, 3.63) is 65.6 Å². The van der Waals surface area contributed by atoms with Crippen molar-refractivity contribution >= 4 is 16.8 Å². The van der Waals surface area contributed by atoms with Crippen molar-refractivity contribution in [3.8, 4) is 5.75 Å². The highest BCUT2D eigenvalue weighted by molar-refractivity contribution is 6.08. The normalized spacial score (nSPS) is 10.8. The Labute approximate surface area is 146 Å². The molecule has 1 heterocycles. The zero-order chi connectivity index (χ0) is 17.6. The van der Waals surface area contributed by atoms with E-state index >= 15 is 0 Å². The fraction of sp³-hybridized carbons (Fsp3) is 0.250. The molecule has 2 aromatic carbocycles. The van der Waals surface area contributed by atoms with Crippen LogP contribution in [0.1, 0.15) is 28.9 Å². The van der Waals surface area contributed by atoms with E-state index in [0.29, 0.717) is 24.5 Å². The molecule has 0 spiro atoms. The minimum Gasteiger partial charge on any atom is -0.494 e. The molecule has 1 aromatic heterocycles. The van der Waals surface area contributed by atoms with Crippen LogP contribution < -0.4 is 10.1 Å². The smallest absolute Gasteiger partial charge is 0.253 e. The number of benzene rings is 2. The van der Waals surface area contributed by atoms with E-state index in [9.17, 15) is 9.18 Å².